The van der Waals surface area contributed by atoms with Gasteiger partial charge in [-0.25, -0.2) is 0 Å². The first-order valence-electron chi connectivity index (χ1n) is 4.83. The highest BCUT2D eigenvalue weighted by Gasteiger charge is 2.10. The number of ether oxygens (including phenoxy) is 1. The second-order valence-corrected chi connectivity index (χ2v) is 3.68. The average molecular weight is 186 g/mol. The monoisotopic (exact) mass is 186 g/mol. The Labute approximate surface area is 84.7 Å². The third-order valence-corrected chi connectivity index (χ3v) is 2.24. The molecule has 0 radical (unpaired) electrons. The molecule has 1 heterocycles. The third-order valence-electron chi connectivity index (χ3n) is 2.24. The van der Waals surface area contributed by atoms with E-state index >= 15 is 0 Å². The van der Waals surface area contributed by atoms with Crippen molar-refractivity contribution < 1.29 is 4.74 Å². The molecule has 1 nitrogen and oxygen atoms in total. The van der Waals surface area contributed by atoms with E-state index in [2.05, 4.69) is 30.9 Å². The summed E-state index contributed by atoms with van der Waals surface area (Å²) in [4.78, 5) is 0. The van der Waals surface area contributed by atoms with E-state index in [1.807, 2.05) is 13.0 Å². The minimum absolute atomic E-state index is 0.681. The van der Waals surface area contributed by atoms with Crippen LogP contribution in [0.4, 0.5) is 0 Å². The Hall–Kier alpha value is -1.50. The Morgan fingerprint density at radius 3 is 3.14 bits per heavy atom. The molecule has 1 aliphatic rings. The van der Waals surface area contributed by atoms with E-state index < -0.39 is 0 Å². The van der Waals surface area contributed by atoms with Crippen molar-refractivity contribution >= 4 is 6.08 Å². The fraction of sp³-hybridized carbons (Fsp3) is 0.231. The number of hydrogen-bond donors (Lipinski definition) is 0. The van der Waals surface area contributed by atoms with Gasteiger partial charge in [0.1, 0.15) is 12.4 Å². The molecule has 14 heavy (non-hydrogen) atoms. The van der Waals surface area contributed by atoms with Gasteiger partial charge in [-0.1, -0.05) is 36.4 Å². The van der Waals surface area contributed by atoms with Gasteiger partial charge in [0.15, 0.2) is 0 Å². The predicted molar refractivity (Wildman–Crippen MR) is 59.5 cm³/mol. The van der Waals surface area contributed by atoms with Gasteiger partial charge in [0.05, 0.1) is 0 Å². The number of hydrogen-bond acceptors (Lipinski definition) is 1. The largest absolute Gasteiger partial charge is 0.489 e. The molecule has 0 unspecified atom stereocenters. The Bertz CT molecular complexity index is 388. The van der Waals surface area contributed by atoms with Crippen molar-refractivity contribution in [2.24, 2.45) is 0 Å². The molecule has 0 bridgehead atoms. The zero-order valence-electron chi connectivity index (χ0n) is 8.42. The van der Waals surface area contributed by atoms with E-state index in [1.54, 1.807) is 0 Å². The fourth-order valence-electron chi connectivity index (χ4n) is 1.68. The van der Waals surface area contributed by atoms with Crippen LogP contribution in [-0.2, 0) is 6.42 Å². The van der Waals surface area contributed by atoms with Crippen LogP contribution >= 0.6 is 0 Å². The van der Waals surface area contributed by atoms with Crippen molar-refractivity contribution in [1.82, 2.24) is 0 Å². The van der Waals surface area contributed by atoms with E-state index in [0.29, 0.717) is 6.61 Å². The lowest BCUT2D eigenvalue weighted by molar-refractivity contribution is 0.355. The van der Waals surface area contributed by atoms with Crippen LogP contribution in [-0.4, -0.2) is 6.61 Å². The van der Waals surface area contributed by atoms with Crippen molar-refractivity contribution in [3.8, 4) is 5.75 Å². The summed E-state index contributed by atoms with van der Waals surface area (Å²) in [6.07, 6.45) is 5.05. The maximum atomic E-state index is 5.63. The van der Waals surface area contributed by atoms with Crippen LogP contribution in [0.5, 0.6) is 5.75 Å². The average Bonchev–Trinajstić information content (AvgIpc) is 2.18. The summed E-state index contributed by atoms with van der Waals surface area (Å²) in [6, 6.07) is 6.25. The van der Waals surface area contributed by atoms with E-state index in [-0.39, 0.29) is 0 Å². The van der Waals surface area contributed by atoms with Crippen molar-refractivity contribution in [2.45, 2.75) is 13.3 Å². The molecule has 0 aromatic heterocycles. The minimum Gasteiger partial charge on any atom is -0.489 e. The van der Waals surface area contributed by atoms with Gasteiger partial charge in [0.2, 0.25) is 0 Å². The lowest BCUT2D eigenvalue weighted by atomic mass is 10.0. The van der Waals surface area contributed by atoms with Crippen LogP contribution in [0.15, 0.2) is 36.4 Å². The second kappa shape index (κ2) is 3.70. The lowest BCUT2D eigenvalue weighted by Gasteiger charge is -2.16. The molecule has 0 fully saturated rings. The lowest BCUT2D eigenvalue weighted by Crippen LogP contribution is -2.03. The molecule has 0 spiro atoms. The summed E-state index contributed by atoms with van der Waals surface area (Å²) in [6.45, 7) is 6.65. The first-order chi connectivity index (χ1) is 6.77. The molecule has 0 aliphatic carbocycles. The Morgan fingerprint density at radius 2 is 2.36 bits per heavy atom. The molecule has 0 amide bonds. The third kappa shape index (κ3) is 1.72. The normalized spacial score (nSPS) is 13.2. The highest BCUT2D eigenvalue weighted by Crippen LogP contribution is 2.29. The van der Waals surface area contributed by atoms with Crippen molar-refractivity contribution in [1.29, 1.82) is 0 Å². The zero-order chi connectivity index (χ0) is 9.97. The Morgan fingerprint density at radius 1 is 1.50 bits per heavy atom. The topological polar surface area (TPSA) is 9.23 Å². The van der Waals surface area contributed by atoms with Gasteiger partial charge in [-0.2, -0.15) is 0 Å². The molecule has 2 rings (SSSR count). The molecule has 0 atom stereocenters. The summed E-state index contributed by atoms with van der Waals surface area (Å²) in [5.74, 6) is 1.03. The number of benzene rings is 1. The smallest absolute Gasteiger partial charge is 0.130 e. The van der Waals surface area contributed by atoms with Gasteiger partial charge in [-0.3, -0.25) is 0 Å². The van der Waals surface area contributed by atoms with Gasteiger partial charge in [0, 0.05) is 5.56 Å². The van der Waals surface area contributed by atoms with E-state index in [9.17, 15) is 0 Å². The maximum absolute atomic E-state index is 5.63. The predicted octanol–water partition coefficient (Wildman–Crippen LogP) is 3.21. The summed E-state index contributed by atoms with van der Waals surface area (Å²) < 4.78 is 5.63. The van der Waals surface area contributed by atoms with Crippen molar-refractivity contribution in [2.75, 3.05) is 6.61 Å². The fourth-order valence-corrected chi connectivity index (χ4v) is 1.68. The molecular weight excluding hydrogens is 172 g/mol. The summed E-state index contributed by atoms with van der Waals surface area (Å²) in [7, 11) is 0. The maximum Gasteiger partial charge on any atom is 0.130 e. The van der Waals surface area contributed by atoms with Crippen LogP contribution in [0.25, 0.3) is 6.08 Å². The van der Waals surface area contributed by atoms with Crippen molar-refractivity contribution in [3.63, 3.8) is 0 Å². The number of para-hydroxylation sites is 1. The number of fused-ring (bicyclic) bond motifs is 1. The zero-order valence-corrected chi connectivity index (χ0v) is 8.42. The number of allylic oxidation sites excluding steroid dienone is 1. The van der Waals surface area contributed by atoms with Crippen LogP contribution < -0.4 is 4.74 Å². The highest BCUT2D eigenvalue weighted by atomic mass is 16.5. The minimum atomic E-state index is 0.681. The van der Waals surface area contributed by atoms with E-state index in [1.165, 1.54) is 11.1 Å². The second-order valence-electron chi connectivity index (χ2n) is 3.68. The van der Waals surface area contributed by atoms with Gasteiger partial charge >= 0.3 is 0 Å². The molecule has 0 N–H and O–H groups in total. The van der Waals surface area contributed by atoms with Crippen LogP contribution in [0.1, 0.15) is 18.1 Å². The molecular formula is C13H14O. The van der Waals surface area contributed by atoms with Crippen molar-refractivity contribution in [3.05, 3.63) is 47.6 Å². The first kappa shape index (κ1) is 9.07. The molecule has 1 aromatic rings. The number of rotatable bonds is 2. The standard InChI is InChI=1S/C13H14O/c1-10(2)9-12-6-3-5-11-7-4-8-14-13(11)12/h3-7H,1,8-9H2,2H3. The van der Waals surface area contributed by atoms with E-state index in [4.69, 9.17) is 4.74 Å². The molecule has 72 valence electrons. The van der Waals surface area contributed by atoms with Gasteiger partial charge in [0.25, 0.3) is 0 Å². The van der Waals surface area contributed by atoms with Gasteiger partial charge in [-0.05, 0) is 25.0 Å². The van der Waals surface area contributed by atoms with Crippen LogP contribution in [0.2, 0.25) is 0 Å². The summed E-state index contributed by atoms with van der Waals surface area (Å²) in [5, 5.41) is 0. The summed E-state index contributed by atoms with van der Waals surface area (Å²) in [5.41, 5.74) is 3.57. The summed E-state index contributed by atoms with van der Waals surface area (Å²) >= 11 is 0. The van der Waals surface area contributed by atoms with E-state index in [0.717, 1.165) is 17.7 Å². The Kier molecular flexibility index (Phi) is 2.40. The molecule has 0 saturated carbocycles. The molecule has 1 aromatic carbocycles. The molecule has 1 aliphatic heterocycles. The quantitative estimate of drug-likeness (QED) is 0.644. The highest BCUT2D eigenvalue weighted by molar-refractivity contribution is 5.62. The Balaban J connectivity index is 2.41. The van der Waals surface area contributed by atoms with Crippen LogP contribution in [0, 0.1) is 0 Å². The molecule has 1 heteroatoms. The molecule has 0 saturated heterocycles. The first-order valence-corrected chi connectivity index (χ1v) is 4.83. The van der Waals surface area contributed by atoms with Gasteiger partial charge in [-0.15, -0.1) is 0 Å². The van der Waals surface area contributed by atoms with Gasteiger partial charge < -0.3 is 4.74 Å². The SMILES string of the molecule is C=C(C)Cc1cccc2c1OCC=C2. The van der Waals surface area contributed by atoms with Crippen LogP contribution in [0.3, 0.4) is 0 Å².